The van der Waals surface area contributed by atoms with E-state index in [0.717, 1.165) is 5.56 Å². The highest BCUT2D eigenvalue weighted by molar-refractivity contribution is 6.08. The van der Waals surface area contributed by atoms with E-state index in [1.807, 2.05) is 30.3 Å². The molecule has 0 aliphatic heterocycles. The van der Waals surface area contributed by atoms with Crippen LogP contribution in [0.1, 0.15) is 15.9 Å². The van der Waals surface area contributed by atoms with Crippen LogP contribution in [0.25, 0.3) is 10.8 Å². The third-order valence-electron chi connectivity index (χ3n) is 3.57. The minimum atomic E-state index is -0.780. The van der Waals surface area contributed by atoms with Crippen molar-refractivity contribution < 1.29 is 15.1 Å². The molecule has 6 nitrogen and oxygen atoms in total. The summed E-state index contributed by atoms with van der Waals surface area (Å²) in [7, 11) is 0. The molecule has 1 heterocycles. The van der Waals surface area contributed by atoms with Gasteiger partial charge in [-0.05, 0) is 11.6 Å². The minimum absolute atomic E-state index is 0.0831. The molecule has 0 aliphatic rings. The summed E-state index contributed by atoms with van der Waals surface area (Å²) in [5.74, 6) is -1.36. The molecule has 0 saturated heterocycles. The Labute approximate surface area is 131 Å². The van der Waals surface area contributed by atoms with Crippen LogP contribution in [0.15, 0.2) is 59.4 Å². The first-order valence-corrected chi connectivity index (χ1v) is 6.97. The molecule has 0 spiro atoms. The van der Waals surface area contributed by atoms with E-state index in [-0.39, 0.29) is 27.6 Å². The number of nitrogens with zero attached hydrogens (tertiary/aromatic N) is 1. The molecular weight excluding hydrogens is 296 g/mol. The number of aromatic nitrogens is 1. The smallest absolute Gasteiger partial charge is 0.294 e. The van der Waals surface area contributed by atoms with E-state index in [2.05, 4.69) is 5.32 Å². The van der Waals surface area contributed by atoms with Gasteiger partial charge in [-0.2, -0.15) is 0 Å². The molecular formula is C17H14N2O4. The lowest BCUT2D eigenvalue weighted by molar-refractivity contribution is 0.0935. The zero-order chi connectivity index (χ0) is 16.4. The molecule has 1 amide bonds. The second kappa shape index (κ2) is 5.84. The maximum absolute atomic E-state index is 12.4. The fourth-order valence-corrected chi connectivity index (χ4v) is 2.41. The Morgan fingerprint density at radius 3 is 2.30 bits per heavy atom. The fourth-order valence-electron chi connectivity index (χ4n) is 2.41. The molecule has 3 N–H and O–H groups in total. The Hall–Kier alpha value is -3.28. The number of hydrogen-bond acceptors (Lipinski definition) is 4. The summed E-state index contributed by atoms with van der Waals surface area (Å²) in [6, 6.07) is 15.6. The van der Waals surface area contributed by atoms with E-state index in [0.29, 0.717) is 0 Å². The third kappa shape index (κ3) is 2.62. The number of carbonyl (C=O) groups excluding carboxylic acids is 1. The van der Waals surface area contributed by atoms with Crippen molar-refractivity contribution in [1.82, 2.24) is 10.0 Å². The van der Waals surface area contributed by atoms with E-state index < -0.39 is 17.3 Å². The molecule has 23 heavy (non-hydrogen) atoms. The number of rotatable bonds is 3. The summed E-state index contributed by atoms with van der Waals surface area (Å²) < 4.78 is 0.0831. The van der Waals surface area contributed by atoms with Crippen LogP contribution in [0.2, 0.25) is 0 Å². The van der Waals surface area contributed by atoms with Gasteiger partial charge in [-0.25, -0.2) is 0 Å². The van der Waals surface area contributed by atoms with Gasteiger partial charge in [0, 0.05) is 11.9 Å². The molecule has 116 valence electrons. The Morgan fingerprint density at radius 1 is 1.00 bits per heavy atom. The molecule has 0 atom stereocenters. The predicted molar refractivity (Wildman–Crippen MR) is 84.7 cm³/mol. The summed E-state index contributed by atoms with van der Waals surface area (Å²) in [4.78, 5) is 24.3. The third-order valence-corrected chi connectivity index (χ3v) is 3.57. The summed E-state index contributed by atoms with van der Waals surface area (Å²) >= 11 is 0. The normalized spacial score (nSPS) is 10.6. The second-order valence-electron chi connectivity index (χ2n) is 5.03. The Kier molecular flexibility index (Phi) is 3.72. The number of amides is 1. The molecule has 0 saturated carbocycles. The zero-order valence-corrected chi connectivity index (χ0v) is 12.1. The molecule has 0 radical (unpaired) electrons. The van der Waals surface area contributed by atoms with Crippen molar-refractivity contribution in [3.05, 3.63) is 76.1 Å². The first kappa shape index (κ1) is 14.6. The van der Waals surface area contributed by atoms with Crippen molar-refractivity contribution in [3.8, 4) is 5.88 Å². The first-order valence-electron chi connectivity index (χ1n) is 6.97. The molecule has 6 heteroatoms. The average Bonchev–Trinajstić information content (AvgIpc) is 2.59. The highest BCUT2D eigenvalue weighted by atomic mass is 16.5. The van der Waals surface area contributed by atoms with Crippen molar-refractivity contribution in [1.29, 1.82) is 0 Å². The van der Waals surface area contributed by atoms with Gasteiger partial charge in [0.05, 0.1) is 5.39 Å². The van der Waals surface area contributed by atoms with Gasteiger partial charge in [-0.3, -0.25) is 9.59 Å². The molecule has 1 aromatic heterocycles. The summed E-state index contributed by atoms with van der Waals surface area (Å²) in [6.07, 6.45) is 0. The summed E-state index contributed by atoms with van der Waals surface area (Å²) in [5.41, 5.74) is -0.0293. The van der Waals surface area contributed by atoms with Gasteiger partial charge < -0.3 is 15.6 Å². The van der Waals surface area contributed by atoms with Gasteiger partial charge in [0.1, 0.15) is 5.56 Å². The van der Waals surface area contributed by atoms with Crippen molar-refractivity contribution >= 4 is 16.7 Å². The lowest BCUT2D eigenvalue weighted by atomic mass is 10.1. The maximum atomic E-state index is 12.4. The highest BCUT2D eigenvalue weighted by Gasteiger charge is 2.21. The van der Waals surface area contributed by atoms with E-state index in [1.54, 1.807) is 18.2 Å². The number of fused-ring (bicyclic) bond motifs is 1. The van der Waals surface area contributed by atoms with Gasteiger partial charge in [0.2, 0.25) is 5.88 Å². The fraction of sp³-hybridized carbons (Fsp3) is 0.0588. The Balaban J connectivity index is 2.02. The second-order valence-corrected chi connectivity index (χ2v) is 5.03. The van der Waals surface area contributed by atoms with E-state index in [4.69, 9.17) is 0 Å². The van der Waals surface area contributed by atoms with Gasteiger partial charge >= 0.3 is 0 Å². The lowest BCUT2D eigenvalue weighted by Gasteiger charge is -2.11. The molecule has 0 fully saturated rings. The molecule has 3 rings (SSSR count). The quantitative estimate of drug-likeness (QED) is 0.644. The number of pyridine rings is 1. The molecule has 3 aromatic rings. The van der Waals surface area contributed by atoms with Gasteiger partial charge in [-0.15, -0.1) is 4.73 Å². The SMILES string of the molecule is O=C(NCc1ccccc1)c1c(O)n(O)c(=O)c2ccccc12. The van der Waals surface area contributed by atoms with Crippen LogP contribution >= 0.6 is 0 Å². The van der Waals surface area contributed by atoms with E-state index in [9.17, 15) is 19.9 Å². The Morgan fingerprint density at radius 2 is 1.61 bits per heavy atom. The molecule has 0 unspecified atom stereocenters. The minimum Gasteiger partial charge on any atom is -0.492 e. The van der Waals surface area contributed by atoms with Gasteiger partial charge in [-0.1, -0.05) is 48.5 Å². The first-order chi connectivity index (χ1) is 11.1. The van der Waals surface area contributed by atoms with Crippen molar-refractivity contribution in [3.63, 3.8) is 0 Å². The van der Waals surface area contributed by atoms with Crippen LogP contribution in [0.3, 0.4) is 0 Å². The Bertz CT molecular complexity index is 932. The lowest BCUT2D eigenvalue weighted by Crippen LogP contribution is -2.27. The van der Waals surface area contributed by atoms with Crippen molar-refractivity contribution in [2.75, 3.05) is 0 Å². The number of carbonyl (C=O) groups is 1. The van der Waals surface area contributed by atoms with Crippen molar-refractivity contribution in [2.24, 2.45) is 0 Å². The standard InChI is InChI=1S/C17H14N2O4/c20-15(18-10-11-6-2-1-3-7-11)14-12-8-4-5-9-13(12)16(21)19(23)17(14)22/h1-9,22-23H,10H2,(H,18,20). The number of benzene rings is 2. The van der Waals surface area contributed by atoms with Crippen LogP contribution in [-0.4, -0.2) is 21.0 Å². The van der Waals surface area contributed by atoms with Crippen molar-refractivity contribution in [2.45, 2.75) is 6.54 Å². The van der Waals surface area contributed by atoms with Crippen LogP contribution in [-0.2, 0) is 6.54 Å². The molecule has 0 aliphatic carbocycles. The van der Waals surface area contributed by atoms with Crippen LogP contribution < -0.4 is 10.9 Å². The summed E-state index contributed by atoms with van der Waals surface area (Å²) in [5, 5.41) is 22.8. The van der Waals surface area contributed by atoms with E-state index in [1.165, 1.54) is 6.07 Å². The molecule has 0 bridgehead atoms. The summed E-state index contributed by atoms with van der Waals surface area (Å²) in [6.45, 7) is 0.262. The maximum Gasteiger partial charge on any atom is 0.294 e. The van der Waals surface area contributed by atoms with Gasteiger partial charge in [0.15, 0.2) is 0 Å². The van der Waals surface area contributed by atoms with E-state index >= 15 is 0 Å². The zero-order valence-electron chi connectivity index (χ0n) is 12.1. The monoisotopic (exact) mass is 310 g/mol. The van der Waals surface area contributed by atoms with Gasteiger partial charge in [0.25, 0.3) is 11.5 Å². The van der Waals surface area contributed by atoms with Crippen LogP contribution in [0.5, 0.6) is 5.88 Å². The molecule has 2 aromatic carbocycles. The largest absolute Gasteiger partial charge is 0.492 e. The topological polar surface area (TPSA) is 91.6 Å². The highest BCUT2D eigenvalue weighted by Crippen LogP contribution is 2.23. The van der Waals surface area contributed by atoms with Crippen LogP contribution in [0, 0.1) is 0 Å². The number of aromatic hydroxyl groups is 1. The van der Waals surface area contributed by atoms with Crippen LogP contribution in [0.4, 0.5) is 0 Å². The predicted octanol–water partition coefficient (Wildman–Crippen LogP) is 1.87. The average molecular weight is 310 g/mol. The number of nitrogens with one attached hydrogen (secondary N) is 1. The number of hydrogen-bond donors (Lipinski definition) is 3.